The molecule has 0 aromatic heterocycles. The molecular weight excluding hydrogens is 210 g/mol. The summed E-state index contributed by atoms with van der Waals surface area (Å²) in [6, 6.07) is 0. The number of hydrogen-bond acceptors (Lipinski definition) is 3. The Kier molecular flexibility index (Phi) is 3.05. The van der Waals surface area contributed by atoms with E-state index in [1.807, 2.05) is 0 Å². The third-order valence-corrected chi connectivity index (χ3v) is 3.68. The molecule has 2 fully saturated rings. The van der Waals surface area contributed by atoms with Crippen molar-refractivity contribution >= 4 is 24.4 Å². The van der Waals surface area contributed by atoms with Gasteiger partial charge in [0.15, 0.2) is 0 Å². The van der Waals surface area contributed by atoms with Gasteiger partial charge in [-0.1, -0.05) is 6.92 Å². The Bertz CT molecular complexity index is 272. The summed E-state index contributed by atoms with van der Waals surface area (Å²) in [6.45, 7) is 2.75. The van der Waals surface area contributed by atoms with E-state index in [0.29, 0.717) is 12.5 Å². The monoisotopic (exact) mass is 227 g/mol. The number of thiol groups is 1. The number of carbonyl (C=O) groups excluding carboxylic acids is 2. The molecule has 1 saturated heterocycles. The quantitative estimate of drug-likeness (QED) is 0.568. The first-order valence-corrected chi connectivity index (χ1v) is 6.24. The SMILES string of the molecule is CC(CCS)CCN1C(=O)C2CC2C1=O. The molecule has 0 aromatic carbocycles. The number of nitrogens with zero attached hydrogens (tertiary/aromatic N) is 1. The predicted molar refractivity (Wildman–Crippen MR) is 60.6 cm³/mol. The summed E-state index contributed by atoms with van der Waals surface area (Å²) in [5.74, 6) is 1.66. The fourth-order valence-corrected chi connectivity index (χ4v) is 2.63. The average Bonchev–Trinajstić information content (AvgIpc) is 2.92. The first-order valence-electron chi connectivity index (χ1n) is 5.61. The summed E-state index contributed by atoms with van der Waals surface area (Å²) in [4.78, 5) is 24.7. The highest BCUT2D eigenvalue weighted by Crippen LogP contribution is 2.46. The van der Waals surface area contributed by atoms with E-state index >= 15 is 0 Å². The topological polar surface area (TPSA) is 37.4 Å². The maximum absolute atomic E-state index is 11.6. The number of amides is 2. The Morgan fingerprint density at radius 3 is 2.47 bits per heavy atom. The van der Waals surface area contributed by atoms with Crippen LogP contribution >= 0.6 is 12.6 Å². The second-order valence-corrected chi connectivity index (χ2v) is 5.13. The summed E-state index contributed by atoms with van der Waals surface area (Å²) < 4.78 is 0. The normalized spacial score (nSPS) is 30.7. The molecule has 1 aliphatic carbocycles. The molecule has 3 unspecified atom stereocenters. The minimum Gasteiger partial charge on any atom is -0.282 e. The summed E-state index contributed by atoms with van der Waals surface area (Å²) >= 11 is 4.17. The van der Waals surface area contributed by atoms with Crippen LogP contribution in [0.1, 0.15) is 26.2 Å². The second kappa shape index (κ2) is 4.16. The molecule has 2 aliphatic rings. The molecule has 2 rings (SSSR count). The van der Waals surface area contributed by atoms with E-state index in [0.717, 1.165) is 25.0 Å². The first kappa shape index (κ1) is 11.0. The third-order valence-electron chi connectivity index (χ3n) is 3.42. The molecule has 0 N–H and O–H groups in total. The van der Waals surface area contributed by atoms with Crippen molar-refractivity contribution in [2.75, 3.05) is 12.3 Å². The van der Waals surface area contributed by atoms with Crippen molar-refractivity contribution < 1.29 is 9.59 Å². The molecule has 1 saturated carbocycles. The van der Waals surface area contributed by atoms with E-state index in [9.17, 15) is 9.59 Å². The predicted octanol–water partition coefficient (Wildman–Crippen LogP) is 1.34. The van der Waals surface area contributed by atoms with E-state index in [1.165, 1.54) is 4.90 Å². The number of fused-ring (bicyclic) bond motifs is 1. The highest BCUT2D eigenvalue weighted by atomic mass is 32.1. The molecule has 84 valence electrons. The molecule has 2 amide bonds. The van der Waals surface area contributed by atoms with Crippen molar-refractivity contribution in [1.29, 1.82) is 0 Å². The molecule has 0 bridgehead atoms. The van der Waals surface area contributed by atoms with Crippen LogP contribution in [-0.2, 0) is 9.59 Å². The highest BCUT2D eigenvalue weighted by molar-refractivity contribution is 7.80. The highest BCUT2D eigenvalue weighted by Gasteiger charge is 2.58. The van der Waals surface area contributed by atoms with Gasteiger partial charge in [-0.25, -0.2) is 0 Å². The lowest BCUT2D eigenvalue weighted by Gasteiger charge is -2.18. The van der Waals surface area contributed by atoms with Gasteiger partial charge in [0.1, 0.15) is 0 Å². The van der Waals surface area contributed by atoms with Gasteiger partial charge in [0, 0.05) is 6.54 Å². The van der Waals surface area contributed by atoms with Gasteiger partial charge in [-0.15, -0.1) is 0 Å². The van der Waals surface area contributed by atoms with Crippen LogP contribution in [0.3, 0.4) is 0 Å². The molecule has 1 heterocycles. The largest absolute Gasteiger partial charge is 0.282 e. The zero-order valence-corrected chi connectivity index (χ0v) is 9.87. The van der Waals surface area contributed by atoms with Crippen LogP contribution in [0.15, 0.2) is 0 Å². The van der Waals surface area contributed by atoms with Crippen LogP contribution in [0.5, 0.6) is 0 Å². The minimum atomic E-state index is 0.0534. The summed E-state index contributed by atoms with van der Waals surface area (Å²) in [6.07, 6.45) is 2.77. The maximum Gasteiger partial charge on any atom is 0.233 e. The molecule has 1 aliphatic heterocycles. The van der Waals surface area contributed by atoms with E-state index in [1.54, 1.807) is 0 Å². The van der Waals surface area contributed by atoms with Crippen LogP contribution in [0.2, 0.25) is 0 Å². The smallest absolute Gasteiger partial charge is 0.233 e. The van der Waals surface area contributed by atoms with Crippen molar-refractivity contribution in [3.05, 3.63) is 0 Å². The third kappa shape index (κ3) is 2.05. The lowest BCUT2D eigenvalue weighted by Crippen LogP contribution is -2.34. The number of likely N-dealkylation sites (tertiary alicyclic amines) is 1. The van der Waals surface area contributed by atoms with Crippen molar-refractivity contribution in [2.24, 2.45) is 17.8 Å². The van der Waals surface area contributed by atoms with Crippen molar-refractivity contribution in [1.82, 2.24) is 4.90 Å². The molecule has 3 nitrogen and oxygen atoms in total. The van der Waals surface area contributed by atoms with Gasteiger partial charge in [0.25, 0.3) is 0 Å². The first-order chi connectivity index (χ1) is 7.15. The number of piperidine rings is 1. The van der Waals surface area contributed by atoms with Gasteiger partial charge < -0.3 is 0 Å². The Morgan fingerprint density at radius 1 is 1.33 bits per heavy atom. The molecule has 4 heteroatoms. The fourth-order valence-electron chi connectivity index (χ4n) is 2.18. The number of carbonyl (C=O) groups is 2. The number of hydrogen-bond donors (Lipinski definition) is 1. The van der Waals surface area contributed by atoms with E-state index < -0.39 is 0 Å². The van der Waals surface area contributed by atoms with Gasteiger partial charge in [0.05, 0.1) is 11.8 Å². The van der Waals surface area contributed by atoms with Crippen molar-refractivity contribution in [2.45, 2.75) is 26.2 Å². The Hall–Kier alpha value is -0.510. The number of imide groups is 1. The standard InChI is InChI=1S/C11H17NO2S/c1-7(3-5-15)2-4-12-10(13)8-6-9(8)11(12)14/h7-9,15H,2-6H2,1H3. The molecule has 15 heavy (non-hydrogen) atoms. The maximum atomic E-state index is 11.6. The zero-order valence-electron chi connectivity index (χ0n) is 8.98. The van der Waals surface area contributed by atoms with Gasteiger partial charge in [0.2, 0.25) is 11.8 Å². The van der Waals surface area contributed by atoms with Crippen molar-refractivity contribution in [3.63, 3.8) is 0 Å². The van der Waals surface area contributed by atoms with E-state index in [2.05, 4.69) is 19.6 Å². The van der Waals surface area contributed by atoms with Gasteiger partial charge in [-0.2, -0.15) is 12.6 Å². The number of rotatable bonds is 5. The Morgan fingerprint density at radius 2 is 1.93 bits per heavy atom. The lowest BCUT2D eigenvalue weighted by molar-refractivity contribution is -0.141. The van der Waals surface area contributed by atoms with Gasteiger partial charge in [-0.3, -0.25) is 14.5 Å². The lowest BCUT2D eigenvalue weighted by atomic mass is 10.1. The van der Waals surface area contributed by atoms with E-state index in [-0.39, 0.29) is 23.7 Å². The zero-order chi connectivity index (χ0) is 11.0. The Balaban J connectivity index is 1.80. The molecule has 0 aromatic rings. The van der Waals surface area contributed by atoms with Gasteiger partial charge >= 0.3 is 0 Å². The molecule has 0 radical (unpaired) electrons. The Labute approximate surface area is 95.6 Å². The fraction of sp³-hybridized carbons (Fsp3) is 0.818. The van der Waals surface area contributed by atoms with Crippen LogP contribution in [0.4, 0.5) is 0 Å². The summed E-state index contributed by atoms with van der Waals surface area (Å²) in [7, 11) is 0. The molecule has 0 spiro atoms. The summed E-state index contributed by atoms with van der Waals surface area (Å²) in [5.41, 5.74) is 0. The van der Waals surface area contributed by atoms with E-state index in [4.69, 9.17) is 0 Å². The summed E-state index contributed by atoms with van der Waals surface area (Å²) in [5, 5.41) is 0. The average molecular weight is 227 g/mol. The molecular formula is C11H17NO2S. The van der Waals surface area contributed by atoms with Crippen LogP contribution in [-0.4, -0.2) is 29.0 Å². The van der Waals surface area contributed by atoms with Crippen LogP contribution < -0.4 is 0 Å². The minimum absolute atomic E-state index is 0.0534. The van der Waals surface area contributed by atoms with Crippen LogP contribution in [0, 0.1) is 17.8 Å². The molecule has 3 atom stereocenters. The van der Waals surface area contributed by atoms with Gasteiger partial charge in [-0.05, 0) is 30.9 Å². The second-order valence-electron chi connectivity index (χ2n) is 4.68. The van der Waals surface area contributed by atoms with Crippen LogP contribution in [0.25, 0.3) is 0 Å². The van der Waals surface area contributed by atoms with Crippen molar-refractivity contribution in [3.8, 4) is 0 Å².